The number of rotatable bonds is 4. The second-order valence-corrected chi connectivity index (χ2v) is 2.67. The minimum Gasteiger partial charge on any atom is -0.475 e. The van der Waals surface area contributed by atoms with E-state index in [1.807, 2.05) is 0 Å². The van der Waals surface area contributed by atoms with Crippen molar-refractivity contribution in [2.75, 3.05) is 5.32 Å². The molecule has 0 aliphatic heterocycles. The van der Waals surface area contributed by atoms with Gasteiger partial charge >= 0.3 is 5.97 Å². The Kier molecular flexibility index (Phi) is 2.36. The van der Waals surface area contributed by atoms with E-state index in [0.717, 1.165) is 0 Å². The summed E-state index contributed by atoms with van der Waals surface area (Å²) in [5.41, 5.74) is 0. The van der Waals surface area contributed by atoms with Gasteiger partial charge < -0.3 is 19.4 Å². The van der Waals surface area contributed by atoms with Gasteiger partial charge in [0.2, 0.25) is 12.2 Å². The van der Waals surface area contributed by atoms with Crippen molar-refractivity contribution in [1.29, 1.82) is 0 Å². The van der Waals surface area contributed by atoms with E-state index in [1.165, 1.54) is 18.5 Å². The van der Waals surface area contributed by atoms with Gasteiger partial charge in [-0.05, 0) is 6.07 Å². The summed E-state index contributed by atoms with van der Waals surface area (Å²) in [4.78, 5) is 14.3. The predicted octanol–water partition coefficient (Wildman–Crippen LogP) is 0.973. The molecule has 0 amide bonds. The lowest BCUT2D eigenvalue weighted by Gasteiger charge is -1.96. The van der Waals surface area contributed by atoms with Crippen LogP contribution in [0.15, 0.2) is 27.5 Å². The molecule has 0 unspecified atom stereocenters. The highest BCUT2D eigenvalue weighted by atomic mass is 16.5. The molecule has 2 N–H and O–H groups in total. The van der Waals surface area contributed by atoms with Crippen molar-refractivity contribution in [3.8, 4) is 0 Å². The van der Waals surface area contributed by atoms with Crippen LogP contribution in [0.25, 0.3) is 0 Å². The summed E-state index contributed by atoms with van der Waals surface area (Å²) >= 11 is 0. The fraction of sp³-hybridized carbons (Fsp3) is 0.125. The van der Waals surface area contributed by atoms with E-state index in [1.54, 1.807) is 0 Å². The fourth-order valence-corrected chi connectivity index (χ4v) is 0.984. The van der Waals surface area contributed by atoms with Crippen molar-refractivity contribution in [3.63, 3.8) is 0 Å². The van der Waals surface area contributed by atoms with Gasteiger partial charge in [-0.15, -0.1) is 0 Å². The summed E-state index contributed by atoms with van der Waals surface area (Å²) in [7, 11) is 0. The number of carbonyl (C=O) groups is 1. The number of nitrogens with one attached hydrogen (secondary N) is 1. The molecular weight excluding hydrogens is 202 g/mol. The number of aromatic carboxylic acids is 1. The quantitative estimate of drug-likeness (QED) is 0.773. The summed E-state index contributed by atoms with van der Waals surface area (Å²) in [6.07, 6.45) is 1.21. The number of furan rings is 1. The van der Waals surface area contributed by atoms with Gasteiger partial charge in [0.15, 0.2) is 11.7 Å². The molecule has 7 nitrogen and oxygen atoms in total. The van der Waals surface area contributed by atoms with Crippen LogP contribution in [0.4, 0.5) is 5.88 Å². The van der Waals surface area contributed by atoms with E-state index < -0.39 is 5.97 Å². The average Bonchev–Trinajstić information content (AvgIpc) is 2.86. The summed E-state index contributed by atoms with van der Waals surface area (Å²) in [6.45, 7) is 0.309. The maximum atomic E-state index is 10.5. The van der Waals surface area contributed by atoms with Gasteiger partial charge in [0.1, 0.15) is 0 Å². The van der Waals surface area contributed by atoms with Crippen molar-refractivity contribution < 1.29 is 18.8 Å². The van der Waals surface area contributed by atoms with Crippen LogP contribution < -0.4 is 5.32 Å². The Morgan fingerprint density at radius 1 is 1.53 bits per heavy atom. The Balaban J connectivity index is 1.96. The van der Waals surface area contributed by atoms with E-state index in [4.69, 9.17) is 9.52 Å². The first-order valence-corrected chi connectivity index (χ1v) is 4.08. The molecule has 2 aromatic rings. The highest BCUT2D eigenvalue weighted by Crippen LogP contribution is 2.13. The number of carboxylic acid groups (broad SMARTS) is 1. The van der Waals surface area contributed by atoms with Crippen molar-refractivity contribution >= 4 is 11.9 Å². The summed E-state index contributed by atoms with van der Waals surface area (Å²) in [5, 5.41) is 15.0. The molecule has 78 valence electrons. The Hall–Kier alpha value is -2.31. The molecule has 0 radical (unpaired) electrons. The lowest BCUT2D eigenvalue weighted by molar-refractivity contribution is 0.0663. The minimum atomic E-state index is -1.11. The third-order valence-corrected chi connectivity index (χ3v) is 1.64. The second kappa shape index (κ2) is 3.82. The SMILES string of the molecule is O=C(O)c1ccc(NCc2ncon2)o1. The zero-order chi connectivity index (χ0) is 10.7. The highest BCUT2D eigenvalue weighted by molar-refractivity contribution is 5.84. The number of hydrogen-bond donors (Lipinski definition) is 2. The minimum absolute atomic E-state index is 0.120. The zero-order valence-corrected chi connectivity index (χ0v) is 7.51. The van der Waals surface area contributed by atoms with Crippen LogP contribution in [-0.2, 0) is 6.54 Å². The van der Waals surface area contributed by atoms with Crippen molar-refractivity contribution in [1.82, 2.24) is 10.1 Å². The van der Waals surface area contributed by atoms with Crippen molar-refractivity contribution in [2.24, 2.45) is 0 Å². The van der Waals surface area contributed by atoms with E-state index in [2.05, 4.69) is 20.0 Å². The molecule has 0 saturated carbocycles. The first-order chi connectivity index (χ1) is 7.25. The molecule has 0 aliphatic rings. The number of anilines is 1. The molecule has 0 spiro atoms. The van der Waals surface area contributed by atoms with Gasteiger partial charge in [-0.2, -0.15) is 4.98 Å². The first-order valence-electron chi connectivity index (χ1n) is 4.08. The Bertz CT molecular complexity index is 448. The smallest absolute Gasteiger partial charge is 0.371 e. The van der Waals surface area contributed by atoms with Crippen LogP contribution in [0, 0.1) is 0 Å². The standard InChI is InChI=1S/C8H7N3O4/c12-8(13)5-1-2-7(15-5)9-3-6-10-4-14-11-6/h1-2,4,9H,3H2,(H,12,13). The molecule has 0 bridgehead atoms. The molecule has 0 saturated heterocycles. The Morgan fingerprint density at radius 3 is 3.00 bits per heavy atom. The predicted molar refractivity (Wildman–Crippen MR) is 47.3 cm³/mol. The van der Waals surface area contributed by atoms with E-state index in [-0.39, 0.29) is 5.76 Å². The molecule has 7 heteroatoms. The first kappa shape index (κ1) is 9.25. The van der Waals surface area contributed by atoms with Gasteiger partial charge in [0.25, 0.3) is 0 Å². The molecule has 2 rings (SSSR count). The Labute approximate surface area is 83.7 Å². The van der Waals surface area contributed by atoms with Crippen LogP contribution >= 0.6 is 0 Å². The highest BCUT2D eigenvalue weighted by Gasteiger charge is 2.08. The van der Waals surface area contributed by atoms with Crippen LogP contribution in [0.2, 0.25) is 0 Å². The van der Waals surface area contributed by atoms with Gasteiger partial charge in [-0.25, -0.2) is 4.79 Å². The lowest BCUT2D eigenvalue weighted by Crippen LogP contribution is -2.00. The molecule has 2 heterocycles. The third-order valence-electron chi connectivity index (χ3n) is 1.64. The van der Waals surface area contributed by atoms with Gasteiger partial charge in [-0.3, -0.25) is 0 Å². The average molecular weight is 209 g/mol. The normalized spacial score (nSPS) is 10.1. The fourth-order valence-electron chi connectivity index (χ4n) is 0.984. The molecular formula is C8H7N3O4. The zero-order valence-electron chi connectivity index (χ0n) is 7.51. The van der Waals surface area contributed by atoms with Crippen LogP contribution in [0.1, 0.15) is 16.4 Å². The Morgan fingerprint density at radius 2 is 2.40 bits per heavy atom. The number of carboxylic acids is 1. The maximum Gasteiger partial charge on any atom is 0.371 e. The van der Waals surface area contributed by atoms with Crippen molar-refractivity contribution in [2.45, 2.75) is 6.54 Å². The van der Waals surface area contributed by atoms with Crippen LogP contribution in [0.5, 0.6) is 0 Å². The van der Waals surface area contributed by atoms with Crippen molar-refractivity contribution in [3.05, 3.63) is 30.1 Å². The van der Waals surface area contributed by atoms with Crippen LogP contribution in [-0.4, -0.2) is 21.2 Å². The molecule has 0 atom stereocenters. The number of aromatic nitrogens is 2. The van der Waals surface area contributed by atoms with Crippen LogP contribution in [0.3, 0.4) is 0 Å². The summed E-state index contributed by atoms with van der Waals surface area (Å²) in [6, 6.07) is 2.88. The second-order valence-electron chi connectivity index (χ2n) is 2.67. The van der Waals surface area contributed by atoms with Gasteiger partial charge in [0, 0.05) is 6.07 Å². The van der Waals surface area contributed by atoms with E-state index in [0.29, 0.717) is 18.3 Å². The van der Waals surface area contributed by atoms with E-state index in [9.17, 15) is 4.79 Å². The largest absolute Gasteiger partial charge is 0.475 e. The van der Waals surface area contributed by atoms with E-state index >= 15 is 0 Å². The molecule has 0 fully saturated rings. The molecule has 0 aliphatic carbocycles. The number of nitrogens with zero attached hydrogens (tertiary/aromatic N) is 2. The maximum absolute atomic E-state index is 10.5. The number of hydrogen-bond acceptors (Lipinski definition) is 6. The lowest BCUT2D eigenvalue weighted by atomic mass is 10.4. The summed E-state index contributed by atoms with van der Waals surface area (Å²) in [5.74, 6) is -0.423. The monoisotopic (exact) mass is 209 g/mol. The third kappa shape index (κ3) is 2.13. The molecule has 0 aromatic carbocycles. The topological polar surface area (TPSA) is 101 Å². The van der Waals surface area contributed by atoms with Gasteiger partial charge in [-0.1, -0.05) is 5.16 Å². The van der Waals surface area contributed by atoms with Gasteiger partial charge in [0.05, 0.1) is 6.54 Å². The summed E-state index contributed by atoms with van der Waals surface area (Å²) < 4.78 is 9.47. The molecule has 15 heavy (non-hydrogen) atoms. The molecule has 2 aromatic heterocycles.